The number of hydrogen-bond donors (Lipinski definition) is 1. The highest BCUT2D eigenvalue weighted by Gasteiger charge is 2.08. The van der Waals surface area contributed by atoms with Crippen LogP contribution in [-0.2, 0) is 0 Å². The second kappa shape index (κ2) is 5.89. The van der Waals surface area contributed by atoms with Crippen LogP contribution >= 0.6 is 0 Å². The van der Waals surface area contributed by atoms with Gasteiger partial charge in [0.1, 0.15) is 0 Å². The number of imidazole rings is 1. The molecule has 0 saturated heterocycles. The number of nitrogens with zero attached hydrogens (tertiary/aromatic N) is 3. The molecule has 2 N–H and O–H groups in total. The molecule has 0 aliphatic heterocycles. The average molecular weight is 258 g/mol. The molecule has 0 amide bonds. The molecule has 102 valence electrons. The van der Waals surface area contributed by atoms with E-state index >= 15 is 0 Å². The van der Waals surface area contributed by atoms with Gasteiger partial charge < -0.3 is 15.2 Å². The third-order valence-corrected chi connectivity index (χ3v) is 3.39. The first kappa shape index (κ1) is 13.6. The Labute approximate surface area is 114 Å². The lowest BCUT2D eigenvalue weighted by molar-refractivity contribution is 0.752. The third kappa shape index (κ3) is 2.79. The van der Waals surface area contributed by atoms with E-state index in [1.165, 1.54) is 5.69 Å². The van der Waals surface area contributed by atoms with Gasteiger partial charge in [-0.2, -0.15) is 0 Å². The van der Waals surface area contributed by atoms with Crippen LogP contribution in [-0.4, -0.2) is 22.6 Å². The molecule has 1 aromatic heterocycles. The summed E-state index contributed by atoms with van der Waals surface area (Å²) in [5.41, 5.74) is 9.32. The highest BCUT2D eigenvalue weighted by atomic mass is 15.1. The predicted octanol–water partition coefficient (Wildman–Crippen LogP) is 2.74. The Hall–Kier alpha value is -1.81. The minimum atomic E-state index is -0.0232. The minimum Gasteiger partial charge on any atom is -0.372 e. The van der Waals surface area contributed by atoms with Crippen molar-refractivity contribution in [2.75, 3.05) is 18.0 Å². The molecular weight excluding hydrogens is 236 g/mol. The number of hydrogen-bond acceptors (Lipinski definition) is 3. The van der Waals surface area contributed by atoms with E-state index in [0.717, 1.165) is 24.5 Å². The van der Waals surface area contributed by atoms with E-state index in [1.807, 2.05) is 24.0 Å². The van der Waals surface area contributed by atoms with Gasteiger partial charge in [0.15, 0.2) is 0 Å². The van der Waals surface area contributed by atoms with Crippen LogP contribution in [0.4, 0.5) is 5.69 Å². The van der Waals surface area contributed by atoms with E-state index in [-0.39, 0.29) is 6.04 Å². The van der Waals surface area contributed by atoms with Crippen molar-refractivity contribution in [1.29, 1.82) is 0 Å². The average Bonchev–Trinajstić information content (AvgIpc) is 2.90. The molecule has 0 fully saturated rings. The van der Waals surface area contributed by atoms with Gasteiger partial charge in [-0.15, -0.1) is 0 Å². The van der Waals surface area contributed by atoms with E-state index in [4.69, 9.17) is 5.73 Å². The van der Waals surface area contributed by atoms with Gasteiger partial charge in [-0.25, -0.2) is 4.98 Å². The number of rotatable bonds is 5. The van der Waals surface area contributed by atoms with Gasteiger partial charge >= 0.3 is 0 Å². The summed E-state index contributed by atoms with van der Waals surface area (Å²) in [6.45, 7) is 8.35. The van der Waals surface area contributed by atoms with Crippen LogP contribution in [0.25, 0.3) is 5.69 Å². The Morgan fingerprint density at radius 3 is 2.37 bits per heavy atom. The predicted molar refractivity (Wildman–Crippen MR) is 79.7 cm³/mol. The van der Waals surface area contributed by atoms with Crippen molar-refractivity contribution >= 4 is 5.69 Å². The van der Waals surface area contributed by atoms with Gasteiger partial charge in [-0.1, -0.05) is 0 Å². The summed E-state index contributed by atoms with van der Waals surface area (Å²) >= 11 is 0. The summed E-state index contributed by atoms with van der Waals surface area (Å²) < 4.78 is 2.04. The summed E-state index contributed by atoms with van der Waals surface area (Å²) in [6.07, 6.45) is 3.63. The van der Waals surface area contributed by atoms with Crippen molar-refractivity contribution < 1.29 is 0 Å². The van der Waals surface area contributed by atoms with Crippen molar-refractivity contribution in [3.05, 3.63) is 42.5 Å². The number of nitrogens with two attached hydrogens (primary N) is 1. The van der Waals surface area contributed by atoms with Gasteiger partial charge in [0.25, 0.3) is 0 Å². The Morgan fingerprint density at radius 2 is 1.84 bits per heavy atom. The quantitative estimate of drug-likeness (QED) is 0.897. The zero-order valence-electron chi connectivity index (χ0n) is 11.9. The minimum absolute atomic E-state index is 0.0232. The van der Waals surface area contributed by atoms with Crippen molar-refractivity contribution in [3.63, 3.8) is 0 Å². The summed E-state index contributed by atoms with van der Waals surface area (Å²) in [5, 5.41) is 0. The smallest absolute Gasteiger partial charge is 0.0994 e. The first-order chi connectivity index (χ1) is 9.17. The monoisotopic (exact) mass is 258 g/mol. The second-order valence-corrected chi connectivity index (χ2v) is 4.67. The number of anilines is 1. The maximum Gasteiger partial charge on any atom is 0.0994 e. The summed E-state index contributed by atoms with van der Waals surface area (Å²) in [4.78, 5) is 6.51. The van der Waals surface area contributed by atoms with Crippen LogP contribution in [0.2, 0.25) is 0 Å². The SMILES string of the molecule is CCN(CC)c1ccc(-n2cncc2[C@@H](C)N)cc1. The lowest BCUT2D eigenvalue weighted by Crippen LogP contribution is -2.21. The largest absolute Gasteiger partial charge is 0.372 e. The maximum absolute atomic E-state index is 5.95. The Balaban J connectivity index is 2.30. The van der Waals surface area contributed by atoms with Gasteiger partial charge in [-0.05, 0) is 45.0 Å². The Morgan fingerprint density at radius 1 is 1.21 bits per heavy atom. The lowest BCUT2D eigenvalue weighted by atomic mass is 10.2. The van der Waals surface area contributed by atoms with Gasteiger partial charge in [-0.3, -0.25) is 0 Å². The molecule has 0 radical (unpaired) electrons. The first-order valence-corrected chi connectivity index (χ1v) is 6.80. The molecule has 0 aliphatic carbocycles. The fourth-order valence-corrected chi connectivity index (χ4v) is 2.27. The molecule has 0 saturated carbocycles. The third-order valence-electron chi connectivity index (χ3n) is 3.39. The molecule has 1 atom stereocenters. The van der Waals surface area contributed by atoms with Crippen LogP contribution in [0.5, 0.6) is 0 Å². The molecule has 1 aromatic carbocycles. The fourth-order valence-electron chi connectivity index (χ4n) is 2.27. The first-order valence-electron chi connectivity index (χ1n) is 6.80. The standard InChI is InChI=1S/C15H22N4/c1-4-18(5-2)13-6-8-14(9-7-13)19-11-17-10-15(19)12(3)16/h6-12H,4-5,16H2,1-3H3/t12-/m1/s1. The van der Waals surface area contributed by atoms with Crippen LogP contribution in [0.1, 0.15) is 32.5 Å². The zero-order chi connectivity index (χ0) is 13.8. The summed E-state index contributed by atoms with van der Waals surface area (Å²) in [7, 11) is 0. The van der Waals surface area contributed by atoms with Crippen molar-refractivity contribution in [3.8, 4) is 5.69 Å². The Bertz CT molecular complexity index is 509. The summed E-state index contributed by atoms with van der Waals surface area (Å²) in [6, 6.07) is 8.49. The molecule has 4 nitrogen and oxygen atoms in total. The molecule has 2 rings (SSSR count). The highest BCUT2D eigenvalue weighted by molar-refractivity contribution is 5.51. The highest BCUT2D eigenvalue weighted by Crippen LogP contribution is 2.20. The van der Waals surface area contributed by atoms with Crippen LogP contribution in [0, 0.1) is 0 Å². The zero-order valence-corrected chi connectivity index (χ0v) is 11.9. The van der Waals surface area contributed by atoms with E-state index in [2.05, 4.69) is 48.0 Å². The lowest BCUT2D eigenvalue weighted by Gasteiger charge is -2.21. The molecule has 19 heavy (non-hydrogen) atoms. The topological polar surface area (TPSA) is 47.1 Å². The van der Waals surface area contributed by atoms with Crippen molar-refractivity contribution in [2.45, 2.75) is 26.8 Å². The van der Waals surface area contributed by atoms with Gasteiger partial charge in [0.05, 0.1) is 18.2 Å². The van der Waals surface area contributed by atoms with Crippen molar-refractivity contribution in [1.82, 2.24) is 9.55 Å². The van der Waals surface area contributed by atoms with Crippen LogP contribution in [0.15, 0.2) is 36.8 Å². The number of benzene rings is 1. The Kier molecular flexibility index (Phi) is 4.22. The molecule has 0 aliphatic rings. The van der Waals surface area contributed by atoms with Crippen LogP contribution < -0.4 is 10.6 Å². The fraction of sp³-hybridized carbons (Fsp3) is 0.400. The molecule has 2 aromatic rings. The summed E-state index contributed by atoms with van der Waals surface area (Å²) in [5.74, 6) is 0. The second-order valence-electron chi connectivity index (χ2n) is 4.67. The maximum atomic E-state index is 5.95. The molecule has 1 heterocycles. The molecule has 4 heteroatoms. The molecular formula is C15H22N4. The van der Waals surface area contributed by atoms with Gasteiger partial charge in [0.2, 0.25) is 0 Å². The van der Waals surface area contributed by atoms with E-state index < -0.39 is 0 Å². The van der Waals surface area contributed by atoms with Crippen LogP contribution in [0.3, 0.4) is 0 Å². The number of aromatic nitrogens is 2. The van der Waals surface area contributed by atoms with E-state index in [1.54, 1.807) is 0 Å². The van der Waals surface area contributed by atoms with Crippen molar-refractivity contribution in [2.24, 2.45) is 5.73 Å². The van der Waals surface area contributed by atoms with E-state index in [0.29, 0.717) is 0 Å². The van der Waals surface area contributed by atoms with Gasteiger partial charge in [0, 0.05) is 30.5 Å². The molecule has 0 unspecified atom stereocenters. The normalized spacial score (nSPS) is 12.4. The molecule has 0 bridgehead atoms. The molecule has 0 spiro atoms. The van der Waals surface area contributed by atoms with E-state index in [9.17, 15) is 0 Å².